The second kappa shape index (κ2) is 6.81. The first-order valence-electron chi connectivity index (χ1n) is 5.86. The van der Waals surface area contributed by atoms with Crippen molar-refractivity contribution in [2.45, 2.75) is 26.2 Å². The van der Waals surface area contributed by atoms with Gasteiger partial charge in [0.05, 0.1) is 13.0 Å². The summed E-state index contributed by atoms with van der Waals surface area (Å²) >= 11 is 0. The molecule has 0 radical (unpaired) electrons. The maximum atomic E-state index is 11.8. The first kappa shape index (κ1) is 14.3. The molecule has 0 aromatic heterocycles. The molecule has 0 amide bonds. The van der Waals surface area contributed by atoms with Crippen molar-refractivity contribution >= 4 is 17.3 Å². The molecule has 0 aliphatic rings. The predicted molar refractivity (Wildman–Crippen MR) is 68.4 cm³/mol. The Kier molecular flexibility index (Phi) is 5.39. The third-order valence-corrected chi connectivity index (χ3v) is 2.64. The Hall–Kier alpha value is -1.81. The molecule has 0 fully saturated rings. The minimum Gasteiger partial charge on any atom is -0.324 e. The first-order chi connectivity index (χ1) is 8.52. The summed E-state index contributed by atoms with van der Waals surface area (Å²) in [5.41, 5.74) is 6.73. The molecule has 1 aromatic carbocycles. The Morgan fingerprint density at radius 2 is 1.56 bits per heavy atom. The van der Waals surface area contributed by atoms with Gasteiger partial charge in [0, 0.05) is 18.4 Å². The fourth-order valence-electron chi connectivity index (χ4n) is 1.49. The van der Waals surface area contributed by atoms with E-state index in [1.54, 1.807) is 12.1 Å². The predicted octanol–water partition coefficient (Wildman–Crippen LogP) is 1.44. The molecule has 96 valence electrons. The van der Waals surface area contributed by atoms with Gasteiger partial charge in [-0.2, -0.15) is 0 Å². The number of carbonyl (C=O) groups is 3. The Morgan fingerprint density at radius 3 is 2.11 bits per heavy atom. The van der Waals surface area contributed by atoms with Gasteiger partial charge in [-0.15, -0.1) is 0 Å². The van der Waals surface area contributed by atoms with Crippen LogP contribution in [0.3, 0.4) is 0 Å². The number of Topliss-reactive ketones (excluding diaryl/α,β-unsaturated/α-hetero) is 3. The molecule has 0 aliphatic heterocycles. The van der Waals surface area contributed by atoms with Crippen LogP contribution in [0.25, 0.3) is 0 Å². The van der Waals surface area contributed by atoms with Gasteiger partial charge in [-0.1, -0.05) is 29.8 Å². The van der Waals surface area contributed by atoms with Gasteiger partial charge in [-0.3, -0.25) is 14.4 Å². The number of hydrogen-bond donors (Lipinski definition) is 1. The van der Waals surface area contributed by atoms with Crippen molar-refractivity contribution in [3.63, 3.8) is 0 Å². The SMILES string of the molecule is Cc1ccc(C(=O)CC(=O)CCC(=O)CN)cc1. The van der Waals surface area contributed by atoms with Gasteiger partial charge >= 0.3 is 0 Å². The second-order valence-electron chi connectivity index (χ2n) is 4.25. The number of benzene rings is 1. The molecule has 0 unspecified atom stereocenters. The van der Waals surface area contributed by atoms with Crippen molar-refractivity contribution in [3.8, 4) is 0 Å². The summed E-state index contributed by atoms with van der Waals surface area (Å²) in [4.78, 5) is 34.2. The van der Waals surface area contributed by atoms with Gasteiger partial charge in [0.1, 0.15) is 11.6 Å². The van der Waals surface area contributed by atoms with Crippen LogP contribution in [0.2, 0.25) is 0 Å². The van der Waals surface area contributed by atoms with Crippen LogP contribution in [0.4, 0.5) is 0 Å². The van der Waals surface area contributed by atoms with E-state index in [2.05, 4.69) is 0 Å². The van der Waals surface area contributed by atoms with Gasteiger partial charge in [0.2, 0.25) is 0 Å². The number of ketones is 3. The number of rotatable bonds is 7. The molecule has 0 saturated carbocycles. The average Bonchev–Trinajstić information content (AvgIpc) is 2.36. The van der Waals surface area contributed by atoms with Gasteiger partial charge in [0.15, 0.2) is 5.78 Å². The van der Waals surface area contributed by atoms with Gasteiger partial charge < -0.3 is 5.73 Å². The molecule has 0 saturated heterocycles. The summed E-state index contributed by atoms with van der Waals surface area (Å²) in [6, 6.07) is 7.07. The van der Waals surface area contributed by atoms with Crippen LogP contribution < -0.4 is 5.73 Å². The highest BCUT2D eigenvalue weighted by Crippen LogP contribution is 2.08. The average molecular weight is 247 g/mol. The normalized spacial score (nSPS) is 10.1. The Bertz CT molecular complexity index is 449. The maximum absolute atomic E-state index is 11.8. The number of hydrogen-bond acceptors (Lipinski definition) is 4. The van der Waals surface area contributed by atoms with Crippen molar-refractivity contribution < 1.29 is 14.4 Å². The summed E-state index contributed by atoms with van der Waals surface area (Å²) in [6.45, 7) is 1.87. The molecule has 2 N–H and O–H groups in total. The third kappa shape index (κ3) is 4.59. The van der Waals surface area contributed by atoms with Crippen LogP contribution in [-0.2, 0) is 9.59 Å². The smallest absolute Gasteiger partial charge is 0.170 e. The monoisotopic (exact) mass is 247 g/mol. The van der Waals surface area contributed by atoms with E-state index in [1.165, 1.54) is 0 Å². The molecular formula is C14H17NO3. The summed E-state index contributed by atoms with van der Waals surface area (Å²) in [6.07, 6.45) is 0.0606. The highest BCUT2D eigenvalue weighted by molar-refractivity contribution is 6.08. The maximum Gasteiger partial charge on any atom is 0.170 e. The third-order valence-electron chi connectivity index (χ3n) is 2.64. The first-order valence-corrected chi connectivity index (χ1v) is 5.86. The van der Waals surface area contributed by atoms with Gasteiger partial charge in [-0.25, -0.2) is 0 Å². The Balaban J connectivity index is 2.47. The largest absolute Gasteiger partial charge is 0.324 e. The molecule has 0 heterocycles. The lowest BCUT2D eigenvalue weighted by Crippen LogP contribution is -2.16. The standard InChI is InChI=1S/C14H17NO3/c1-10-2-4-11(5-3-10)14(18)8-12(16)6-7-13(17)9-15/h2-5H,6-9,15H2,1H3. The molecule has 0 atom stereocenters. The van der Waals surface area contributed by atoms with Crippen LogP contribution in [0, 0.1) is 6.92 Å². The molecule has 0 bridgehead atoms. The molecule has 1 aromatic rings. The zero-order chi connectivity index (χ0) is 13.5. The van der Waals surface area contributed by atoms with E-state index in [4.69, 9.17) is 5.73 Å². The second-order valence-corrected chi connectivity index (χ2v) is 4.25. The molecule has 4 heteroatoms. The van der Waals surface area contributed by atoms with E-state index < -0.39 is 0 Å². The summed E-state index contributed by atoms with van der Waals surface area (Å²) in [5.74, 6) is -0.589. The van der Waals surface area contributed by atoms with Crippen LogP contribution in [0.5, 0.6) is 0 Å². The molecular weight excluding hydrogens is 230 g/mol. The summed E-state index contributed by atoms with van der Waals surface area (Å²) in [5, 5.41) is 0. The zero-order valence-corrected chi connectivity index (χ0v) is 10.4. The molecule has 0 spiro atoms. The van der Waals surface area contributed by atoms with E-state index in [0.29, 0.717) is 5.56 Å². The van der Waals surface area contributed by atoms with Crippen molar-refractivity contribution in [1.29, 1.82) is 0 Å². The molecule has 1 rings (SSSR count). The topological polar surface area (TPSA) is 77.2 Å². The van der Waals surface area contributed by atoms with E-state index in [-0.39, 0.29) is 43.2 Å². The minimum atomic E-state index is -0.220. The summed E-state index contributed by atoms with van der Waals surface area (Å²) < 4.78 is 0. The number of carbonyl (C=O) groups excluding carboxylic acids is 3. The Labute approximate surface area is 106 Å². The fraction of sp³-hybridized carbons (Fsp3) is 0.357. The van der Waals surface area contributed by atoms with Gasteiger partial charge in [0.25, 0.3) is 0 Å². The number of aryl methyl sites for hydroxylation is 1. The lowest BCUT2D eigenvalue weighted by molar-refractivity contribution is -0.123. The fourth-order valence-corrected chi connectivity index (χ4v) is 1.49. The van der Waals surface area contributed by atoms with Crippen molar-refractivity contribution in [2.24, 2.45) is 5.73 Å². The Morgan fingerprint density at radius 1 is 1.00 bits per heavy atom. The lowest BCUT2D eigenvalue weighted by Gasteiger charge is -2.01. The zero-order valence-electron chi connectivity index (χ0n) is 10.4. The lowest BCUT2D eigenvalue weighted by atomic mass is 10.0. The van der Waals surface area contributed by atoms with Crippen LogP contribution >= 0.6 is 0 Å². The van der Waals surface area contributed by atoms with Crippen molar-refractivity contribution in [1.82, 2.24) is 0 Å². The quantitative estimate of drug-likeness (QED) is 0.584. The van der Waals surface area contributed by atoms with Crippen LogP contribution in [-0.4, -0.2) is 23.9 Å². The summed E-state index contributed by atoms with van der Waals surface area (Å²) in [7, 11) is 0. The van der Waals surface area contributed by atoms with E-state index in [1.807, 2.05) is 19.1 Å². The van der Waals surface area contributed by atoms with E-state index >= 15 is 0 Å². The molecule has 18 heavy (non-hydrogen) atoms. The van der Waals surface area contributed by atoms with Crippen LogP contribution in [0.1, 0.15) is 35.2 Å². The van der Waals surface area contributed by atoms with Crippen molar-refractivity contribution in [2.75, 3.05) is 6.54 Å². The minimum absolute atomic E-state index is 0.0564. The number of nitrogens with two attached hydrogens (primary N) is 1. The van der Waals surface area contributed by atoms with Crippen LogP contribution in [0.15, 0.2) is 24.3 Å². The highest BCUT2D eigenvalue weighted by Gasteiger charge is 2.12. The van der Waals surface area contributed by atoms with Gasteiger partial charge in [-0.05, 0) is 6.92 Å². The van der Waals surface area contributed by atoms with Crippen molar-refractivity contribution in [3.05, 3.63) is 35.4 Å². The molecule has 4 nitrogen and oxygen atoms in total. The molecule has 0 aliphatic carbocycles. The van der Waals surface area contributed by atoms with E-state index in [9.17, 15) is 14.4 Å². The van der Waals surface area contributed by atoms with E-state index in [0.717, 1.165) is 5.56 Å². The highest BCUT2D eigenvalue weighted by atomic mass is 16.1.